The molecule has 0 radical (unpaired) electrons. The van der Waals surface area contributed by atoms with E-state index in [1.165, 1.54) is 0 Å². The smallest absolute Gasteiger partial charge is 1.00 e. The Morgan fingerprint density at radius 1 is 1.00 bits per heavy atom. The molecule has 0 aromatic heterocycles. The van der Waals surface area contributed by atoms with Gasteiger partial charge in [-0.3, -0.25) is 0 Å². The van der Waals surface area contributed by atoms with Crippen LogP contribution in [0.5, 0.6) is 0 Å². The molecule has 7 heteroatoms. The molecule has 0 spiro atoms. The van der Waals surface area contributed by atoms with Gasteiger partial charge in [0.05, 0.1) is 25.4 Å². The van der Waals surface area contributed by atoms with Crippen LogP contribution in [0.4, 0.5) is 0 Å². The van der Waals surface area contributed by atoms with E-state index in [0.29, 0.717) is 0 Å². The van der Waals surface area contributed by atoms with E-state index in [0.717, 1.165) is 0 Å². The van der Waals surface area contributed by atoms with Crippen LogP contribution in [-0.2, 0) is 0 Å². The predicted molar refractivity (Wildman–Crippen MR) is 35.4 cm³/mol. The molecule has 0 saturated carbocycles. The first-order valence-corrected chi connectivity index (χ1v) is 2.30. The van der Waals surface area contributed by atoms with E-state index < -0.39 is 25.4 Å². The second kappa shape index (κ2) is 12.1. The van der Waals surface area contributed by atoms with Crippen LogP contribution in [0, 0.1) is 0 Å². The van der Waals surface area contributed by atoms with Crippen molar-refractivity contribution in [2.24, 2.45) is 5.73 Å². The molecule has 5 N–H and O–H groups in total. The second-order valence-corrected chi connectivity index (χ2v) is 1.84. The SMILES string of the molecule is Cl.NC(CO)(CO)CO.[Cl-].[K+]. The first-order valence-electron chi connectivity index (χ1n) is 2.30. The van der Waals surface area contributed by atoms with Crippen molar-refractivity contribution >= 4 is 12.4 Å². The van der Waals surface area contributed by atoms with Gasteiger partial charge in [-0.2, -0.15) is 0 Å². The maximum atomic E-state index is 8.34. The third kappa shape index (κ3) is 9.97. The van der Waals surface area contributed by atoms with Gasteiger partial charge in [-0.05, 0) is 0 Å². The molecule has 0 saturated heterocycles. The van der Waals surface area contributed by atoms with E-state index in [9.17, 15) is 0 Å². The zero-order valence-corrected chi connectivity index (χ0v) is 11.0. The number of hydrogen-bond acceptors (Lipinski definition) is 4. The fraction of sp³-hybridized carbons (Fsp3) is 1.00. The van der Waals surface area contributed by atoms with Crippen LogP contribution >= 0.6 is 12.4 Å². The molecule has 0 atom stereocenters. The molecular formula is C4H12Cl2KNO3. The minimum Gasteiger partial charge on any atom is -1.00 e. The van der Waals surface area contributed by atoms with Crippen LogP contribution in [0.1, 0.15) is 0 Å². The van der Waals surface area contributed by atoms with E-state index in [-0.39, 0.29) is 76.2 Å². The molecule has 0 fully saturated rings. The average Bonchev–Trinajstić information content (AvgIpc) is 1.87. The van der Waals surface area contributed by atoms with E-state index in [4.69, 9.17) is 21.1 Å². The van der Waals surface area contributed by atoms with Crippen LogP contribution in [0.25, 0.3) is 0 Å². The van der Waals surface area contributed by atoms with Gasteiger partial charge in [-0.15, -0.1) is 12.4 Å². The molecule has 0 rings (SSSR count). The molecule has 4 nitrogen and oxygen atoms in total. The Kier molecular flexibility index (Phi) is 25.4. The predicted octanol–water partition coefficient (Wildman–Crippen LogP) is -7.91. The quantitative estimate of drug-likeness (QED) is 0.364. The molecule has 0 unspecified atom stereocenters. The summed E-state index contributed by atoms with van der Waals surface area (Å²) in [6, 6.07) is 0. The average molecular weight is 232 g/mol. The van der Waals surface area contributed by atoms with Crippen LogP contribution in [-0.4, -0.2) is 40.7 Å². The van der Waals surface area contributed by atoms with Crippen molar-refractivity contribution < 1.29 is 79.1 Å². The van der Waals surface area contributed by atoms with Crippen molar-refractivity contribution in [3.8, 4) is 0 Å². The monoisotopic (exact) mass is 231 g/mol. The molecular weight excluding hydrogens is 220 g/mol. The van der Waals surface area contributed by atoms with Crippen molar-refractivity contribution in [2.75, 3.05) is 19.8 Å². The fourth-order valence-corrected chi connectivity index (χ4v) is 0.150. The van der Waals surface area contributed by atoms with Crippen molar-refractivity contribution in [2.45, 2.75) is 5.54 Å². The maximum Gasteiger partial charge on any atom is 1.00 e. The standard InChI is InChI=1S/C4H11NO3.2ClH.K/c5-4(1-6,2-7)3-8;;;/h6-8H,1-3,5H2;2*1H;/q;;;+1/p-1. The van der Waals surface area contributed by atoms with Crippen LogP contribution in [0.3, 0.4) is 0 Å². The summed E-state index contributed by atoms with van der Waals surface area (Å²) in [6.07, 6.45) is 0. The number of aliphatic hydroxyl groups is 3. The molecule has 11 heavy (non-hydrogen) atoms. The van der Waals surface area contributed by atoms with Crippen LogP contribution < -0.4 is 69.5 Å². The summed E-state index contributed by atoms with van der Waals surface area (Å²) in [6.45, 7) is -1.21. The Balaban J connectivity index is -0.0000000817. The van der Waals surface area contributed by atoms with Gasteiger partial charge in [-0.25, -0.2) is 0 Å². The Hall–Kier alpha value is 2.06. The van der Waals surface area contributed by atoms with Gasteiger partial charge in [0.2, 0.25) is 0 Å². The zero-order valence-electron chi connectivity index (χ0n) is 6.33. The largest absolute Gasteiger partial charge is 1.00 e. The molecule has 0 amide bonds. The van der Waals surface area contributed by atoms with Crippen molar-refractivity contribution in [1.29, 1.82) is 0 Å². The van der Waals surface area contributed by atoms with E-state index in [2.05, 4.69) is 0 Å². The molecule has 0 aliphatic rings. The third-order valence-electron chi connectivity index (χ3n) is 0.945. The maximum absolute atomic E-state index is 8.34. The number of nitrogens with two attached hydrogens (primary N) is 1. The van der Waals surface area contributed by atoms with Gasteiger partial charge < -0.3 is 33.5 Å². The second-order valence-electron chi connectivity index (χ2n) is 1.84. The summed E-state index contributed by atoms with van der Waals surface area (Å²) in [4.78, 5) is 0. The molecule has 66 valence electrons. The van der Waals surface area contributed by atoms with Gasteiger partial charge in [0.25, 0.3) is 0 Å². The molecule has 0 aliphatic carbocycles. The van der Waals surface area contributed by atoms with Crippen LogP contribution in [0.2, 0.25) is 0 Å². The summed E-state index contributed by atoms with van der Waals surface area (Å²) in [5, 5.41) is 25.0. The minimum atomic E-state index is -1.21. The zero-order chi connectivity index (χ0) is 6.62. The molecule has 0 aromatic carbocycles. The first kappa shape index (κ1) is 23.1. The van der Waals surface area contributed by atoms with Gasteiger partial charge in [0.15, 0.2) is 0 Å². The number of aliphatic hydroxyl groups excluding tert-OH is 3. The Morgan fingerprint density at radius 2 is 1.18 bits per heavy atom. The first-order chi connectivity index (χ1) is 3.68. The van der Waals surface area contributed by atoms with Crippen molar-refractivity contribution in [3.05, 3.63) is 0 Å². The Morgan fingerprint density at radius 3 is 1.18 bits per heavy atom. The van der Waals surface area contributed by atoms with E-state index in [1.54, 1.807) is 0 Å². The van der Waals surface area contributed by atoms with Gasteiger partial charge in [0.1, 0.15) is 0 Å². The fourth-order valence-electron chi connectivity index (χ4n) is 0.150. The Labute approximate surface area is 121 Å². The number of rotatable bonds is 3. The van der Waals surface area contributed by atoms with Crippen molar-refractivity contribution in [3.63, 3.8) is 0 Å². The summed E-state index contributed by atoms with van der Waals surface area (Å²) < 4.78 is 0. The van der Waals surface area contributed by atoms with E-state index >= 15 is 0 Å². The van der Waals surface area contributed by atoms with Gasteiger partial charge in [-0.1, -0.05) is 0 Å². The third-order valence-corrected chi connectivity index (χ3v) is 0.945. The molecule has 0 aliphatic heterocycles. The number of halogens is 2. The number of hydrogen-bond donors (Lipinski definition) is 4. The molecule has 0 heterocycles. The van der Waals surface area contributed by atoms with Gasteiger partial charge in [0, 0.05) is 0 Å². The molecule has 0 aromatic rings. The van der Waals surface area contributed by atoms with E-state index in [1.807, 2.05) is 0 Å². The summed E-state index contributed by atoms with van der Waals surface area (Å²) in [5.74, 6) is 0. The molecule has 0 bridgehead atoms. The topological polar surface area (TPSA) is 86.7 Å². The summed E-state index contributed by atoms with van der Waals surface area (Å²) in [7, 11) is 0. The van der Waals surface area contributed by atoms with Gasteiger partial charge >= 0.3 is 51.4 Å². The van der Waals surface area contributed by atoms with Crippen molar-refractivity contribution in [1.82, 2.24) is 0 Å². The minimum absolute atomic E-state index is 0. The normalized spacial score (nSPS) is 8.73. The van der Waals surface area contributed by atoms with Crippen LogP contribution in [0.15, 0.2) is 0 Å². The summed E-state index contributed by atoms with van der Waals surface area (Å²) in [5.41, 5.74) is 3.94. The summed E-state index contributed by atoms with van der Waals surface area (Å²) >= 11 is 0. The Bertz CT molecular complexity index is 66.1.